The third-order valence-electron chi connectivity index (χ3n) is 9.66. The number of phenolic OH excluding ortho intramolecular Hbond substituents is 2. The second kappa shape index (κ2) is 26.6. The summed E-state index contributed by atoms with van der Waals surface area (Å²) >= 11 is 0.992. The maximum absolute atomic E-state index is 12.1. The van der Waals surface area contributed by atoms with Gasteiger partial charge in [-0.3, -0.25) is 10.1 Å². The molecule has 0 fully saturated rings. The Balaban J connectivity index is 0.00000346. The molecule has 0 saturated carbocycles. The predicted octanol–water partition coefficient (Wildman–Crippen LogP) is 1.41. The van der Waals surface area contributed by atoms with E-state index in [0.29, 0.717) is 91.1 Å². The molecule has 0 aliphatic rings. The van der Waals surface area contributed by atoms with Crippen molar-refractivity contribution in [2.75, 3.05) is 19.2 Å². The molecule has 0 aliphatic heterocycles. The molecule has 0 radical (unpaired) electrons. The summed E-state index contributed by atoms with van der Waals surface area (Å²) in [6, 6.07) is 27.1. The molecule has 7 aromatic rings. The maximum atomic E-state index is 12.1. The molecule has 20 nitrogen and oxygen atoms in total. The number of aryl methyl sites for hydroxylation is 3. The molecule has 26 heteroatoms. The van der Waals surface area contributed by atoms with Crippen LogP contribution in [0.15, 0.2) is 149 Å². The number of nitrogens with one attached hydrogen (secondary N) is 1. The summed E-state index contributed by atoms with van der Waals surface area (Å²) in [5.41, 5.74) is 4.79. The monoisotopic (exact) mass is 1020 g/mol. The van der Waals surface area contributed by atoms with Gasteiger partial charge in [-0.15, -0.1) is 10.2 Å². The number of anilines is 1. The van der Waals surface area contributed by atoms with Crippen LogP contribution in [0.25, 0.3) is 21.5 Å². The third-order valence-corrected chi connectivity index (χ3v) is 11.7. The van der Waals surface area contributed by atoms with Gasteiger partial charge in [0.25, 0.3) is 0 Å². The van der Waals surface area contributed by atoms with E-state index in [-0.39, 0.29) is 139 Å². The molecule has 0 aliphatic carbocycles. The van der Waals surface area contributed by atoms with Gasteiger partial charge < -0.3 is 40.1 Å². The molecule has 0 atom stereocenters. The predicted molar refractivity (Wildman–Crippen MR) is 237 cm³/mol. The molecule has 0 heterocycles. The van der Waals surface area contributed by atoms with Gasteiger partial charge in [-0.05, 0) is 139 Å². The minimum Gasteiger partial charge on any atom is -0.744 e. The van der Waals surface area contributed by atoms with Gasteiger partial charge in [-0.1, -0.05) is 6.07 Å². The van der Waals surface area contributed by atoms with E-state index in [9.17, 15) is 33.7 Å². The second-order valence-corrected chi connectivity index (χ2v) is 16.9. The number of ether oxygens (including phenoxy) is 2. The first-order chi connectivity index (χ1) is 31.7. The number of aromatic hydroxyl groups is 2. The van der Waals surface area contributed by atoms with Crippen LogP contribution in [-0.2, 0) is 28.9 Å². The number of hydrogen-bond acceptors (Lipinski definition) is 22. The van der Waals surface area contributed by atoms with Crippen LogP contribution in [0.1, 0.15) is 16.7 Å². The fraction of sp³-hybridized carbons (Fsp3) is 0.116. The third kappa shape index (κ3) is 14.9. The maximum Gasteiger partial charge on any atom is 1.00 e. The number of fused-ring (bicyclic) bond motifs is 2. The Bertz CT molecular complexity index is 3160. The van der Waals surface area contributed by atoms with Gasteiger partial charge in [-0.25, -0.2) is 8.42 Å². The number of rotatable bonds is 18. The van der Waals surface area contributed by atoms with Crippen molar-refractivity contribution < 1.29 is 151 Å². The molecule has 7 rings (SSSR count). The summed E-state index contributed by atoms with van der Waals surface area (Å²) in [7, 11) is -3.48. The average molecular weight is 1020 g/mol. The van der Waals surface area contributed by atoms with E-state index in [1.165, 1.54) is 31.4 Å². The van der Waals surface area contributed by atoms with Crippen LogP contribution in [0.2, 0.25) is 0 Å². The van der Waals surface area contributed by atoms with Crippen molar-refractivity contribution in [1.82, 2.24) is 0 Å². The average Bonchev–Trinajstić information content (AvgIpc) is 3.29. The van der Waals surface area contributed by atoms with Crippen molar-refractivity contribution in [2.45, 2.75) is 35.5 Å². The first-order valence-electron chi connectivity index (χ1n) is 19.0. The van der Waals surface area contributed by atoms with Crippen molar-refractivity contribution in [3.63, 3.8) is 0 Å². The molecule has 7 aromatic carbocycles. The molecular formula is C43H34N7Na3O13S3. The largest absolute Gasteiger partial charge is 1.00 e. The normalized spacial score (nSPS) is 11.5. The van der Waals surface area contributed by atoms with E-state index in [4.69, 9.17) is 9.47 Å². The Kier molecular flexibility index (Phi) is 22.3. The number of benzene rings is 7. The van der Waals surface area contributed by atoms with Crippen molar-refractivity contribution >= 4 is 95.6 Å². The van der Waals surface area contributed by atoms with Gasteiger partial charge in [0, 0.05) is 27.4 Å². The molecule has 0 bridgehead atoms. The number of azo groups is 3. The number of phenols is 2. The fourth-order valence-electron chi connectivity index (χ4n) is 6.41. The van der Waals surface area contributed by atoms with E-state index in [1.807, 2.05) is 6.92 Å². The number of nitrogens with zero attached hydrogens (tertiary/aromatic N) is 6. The topological polar surface area (TPSA) is 285 Å². The van der Waals surface area contributed by atoms with Gasteiger partial charge >= 0.3 is 88.7 Å². The summed E-state index contributed by atoms with van der Waals surface area (Å²) in [4.78, 5) is -0.153. The van der Waals surface area contributed by atoms with Crippen LogP contribution >= 0.6 is 24.1 Å². The molecule has 0 aromatic heterocycles. The van der Waals surface area contributed by atoms with E-state index in [1.54, 1.807) is 86.6 Å². The van der Waals surface area contributed by atoms with Crippen LogP contribution in [-0.4, -0.2) is 37.0 Å². The zero-order chi connectivity index (χ0) is 47.0. The van der Waals surface area contributed by atoms with Crippen molar-refractivity contribution in [3.05, 3.63) is 120 Å². The number of hydrogen-bond donors (Lipinski definition) is 3. The summed E-state index contributed by atoms with van der Waals surface area (Å²) in [6.45, 7) is 5.52. The molecule has 0 amide bonds. The van der Waals surface area contributed by atoms with Crippen molar-refractivity contribution in [3.8, 4) is 23.0 Å². The zero-order valence-corrected chi connectivity index (χ0v) is 46.3. The van der Waals surface area contributed by atoms with E-state index >= 15 is 0 Å². The Hall–Kier alpha value is -3.77. The van der Waals surface area contributed by atoms with E-state index in [2.05, 4.69) is 54.7 Å². The van der Waals surface area contributed by atoms with Gasteiger partial charge in [0.05, 0.1) is 63.7 Å². The second-order valence-electron chi connectivity index (χ2n) is 14.0. The Morgan fingerprint density at radius 2 is 1.25 bits per heavy atom. The molecule has 69 heavy (non-hydrogen) atoms. The summed E-state index contributed by atoms with van der Waals surface area (Å²) < 4.78 is 56.4. The van der Waals surface area contributed by atoms with Crippen LogP contribution in [0.4, 0.5) is 39.8 Å². The molecule has 3 N–H and O–H groups in total. The van der Waals surface area contributed by atoms with Crippen LogP contribution < -0.4 is 114 Å². The smallest absolute Gasteiger partial charge is 0.744 e. The quantitative estimate of drug-likeness (QED) is 0.0208. The van der Waals surface area contributed by atoms with Gasteiger partial charge in [0.1, 0.15) is 38.7 Å². The van der Waals surface area contributed by atoms with Gasteiger partial charge in [0.2, 0.25) is 0 Å². The molecule has 340 valence electrons. The summed E-state index contributed by atoms with van der Waals surface area (Å²) in [5.74, 6) is 0.716. The van der Waals surface area contributed by atoms with Crippen molar-refractivity contribution in [2.24, 2.45) is 30.7 Å². The standard InChI is InChI=1S/C43H37N7O13S3.3Na/c1-23-14-36(24(2)13-35(23)46-45-29-6-5-26-17-32(64-62-60-53)20-41(34(26)19-29)66(55,56)57)47-48-37-21-39(58-4)38(15-25(37)3)49-50-42-40(65-63-61-54)18-27-16-28(7-12-33(27)43(42)52)44-22-59-31-10-8-30(51)9-11-31;;;/h5-21,44,51-54H,22H2,1-4H3,(H,55,56,57);;;/q;3*+1/p-3. The van der Waals surface area contributed by atoms with Gasteiger partial charge in [0.15, 0.2) is 12.5 Å². The zero-order valence-electron chi connectivity index (χ0n) is 37.8. The Morgan fingerprint density at radius 3 is 1.88 bits per heavy atom. The number of methoxy groups -OCH3 is 1. The van der Waals surface area contributed by atoms with Crippen LogP contribution in [0.3, 0.4) is 0 Å². The minimum absolute atomic E-state index is 0. The van der Waals surface area contributed by atoms with E-state index < -0.39 is 15.0 Å². The molecule has 0 unspecified atom stereocenters. The summed E-state index contributed by atoms with van der Waals surface area (Å²) in [5, 5.41) is 79.7. The van der Waals surface area contributed by atoms with Crippen LogP contribution in [0, 0.1) is 20.8 Å². The first-order valence-corrected chi connectivity index (χ1v) is 21.9. The molecular weight excluding hydrogens is 988 g/mol. The fourth-order valence-corrected chi connectivity index (χ4v) is 8.14. The Morgan fingerprint density at radius 1 is 0.638 bits per heavy atom. The molecule has 0 spiro atoms. The van der Waals surface area contributed by atoms with Crippen molar-refractivity contribution in [1.29, 1.82) is 0 Å². The summed E-state index contributed by atoms with van der Waals surface area (Å²) in [6.07, 6.45) is 0. The molecule has 0 saturated heterocycles. The Labute approximate surface area is 469 Å². The minimum atomic E-state index is -4.92. The van der Waals surface area contributed by atoms with E-state index in [0.717, 1.165) is 6.07 Å². The van der Waals surface area contributed by atoms with Crippen LogP contribution in [0.5, 0.6) is 23.0 Å². The van der Waals surface area contributed by atoms with Gasteiger partial charge in [-0.2, -0.15) is 29.1 Å². The SMILES string of the molecule is COc1cc(N=Nc2cc(C)c(N=Nc3ccc4cc(SOO[O-])cc(S(=O)(=O)[O-])c4c3)cc2C)c(C)cc1N=Nc1c(SOO[O-])cc2cc(NCOc3ccc(O)cc3)ccc2c1O.[Na+].[Na+].[Na+]. The first kappa shape index (κ1) is 57.8.